The predicted octanol–water partition coefficient (Wildman–Crippen LogP) is 1.11. The van der Waals surface area contributed by atoms with Crippen LogP contribution < -0.4 is 4.68 Å². The molecule has 2 aromatic rings. The fourth-order valence-corrected chi connectivity index (χ4v) is 1.83. The van der Waals surface area contributed by atoms with E-state index in [2.05, 4.69) is 17.7 Å². The average Bonchev–Trinajstić information content (AvgIpc) is 2.26. The lowest BCUT2D eigenvalue weighted by atomic mass is 10.1. The minimum absolute atomic E-state index is 0.656. The number of benzene rings is 1. The van der Waals surface area contributed by atoms with Crippen molar-refractivity contribution in [3.63, 3.8) is 0 Å². The Labute approximate surface area is 97.9 Å². The van der Waals surface area contributed by atoms with Gasteiger partial charge in [0.1, 0.15) is 10.8 Å². The van der Waals surface area contributed by atoms with Gasteiger partial charge >= 0.3 is 5.97 Å². The maximum atomic E-state index is 10.9. The van der Waals surface area contributed by atoms with Gasteiger partial charge in [0, 0.05) is 5.39 Å². The summed E-state index contributed by atoms with van der Waals surface area (Å²) in [6.07, 6.45) is 1.69. The van der Waals surface area contributed by atoms with Gasteiger partial charge in [-0.25, -0.2) is 0 Å². The first-order valence-electron chi connectivity index (χ1n) is 4.76. The van der Waals surface area contributed by atoms with Crippen molar-refractivity contribution in [2.45, 2.75) is 5.25 Å². The van der Waals surface area contributed by atoms with Gasteiger partial charge in [-0.2, -0.15) is 12.6 Å². The van der Waals surface area contributed by atoms with Crippen molar-refractivity contribution >= 4 is 29.5 Å². The lowest BCUT2D eigenvalue weighted by molar-refractivity contribution is -0.728. The Morgan fingerprint density at radius 3 is 2.88 bits per heavy atom. The molecule has 16 heavy (non-hydrogen) atoms. The number of hydrogen-bond acceptors (Lipinski definition) is 3. The Kier molecular flexibility index (Phi) is 2.78. The highest BCUT2D eigenvalue weighted by atomic mass is 32.1. The number of rotatable bonds is 2. The number of fused-ring (bicyclic) bond motifs is 1. The summed E-state index contributed by atoms with van der Waals surface area (Å²) in [6.45, 7) is 0. The molecule has 0 fully saturated rings. The van der Waals surface area contributed by atoms with Crippen molar-refractivity contribution in [1.29, 1.82) is 0 Å². The fourth-order valence-electron chi connectivity index (χ4n) is 1.63. The van der Waals surface area contributed by atoms with E-state index in [1.807, 2.05) is 24.3 Å². The van der Waals surface area contributed by atoms with Crippen molar-refractivity contribution in [2.75, 3.05) is 0 Å². The maximum absolute atomic E-state index is 10.9. The molecule has 0 bridgehead atoms. The highest BCUT2D eigenvalue weighted by Crippen LogP contribution is 2.25. The van der Waals surface area contributed by atoms with E-state index in [0.29, 0.717) is 5.56 Å². The molecule has 0 spiro atoms. The molecule has 0 aliphatic rings. The van der Waals surface area contributed by atoms with Crippen LogP contribution in [-0.4, -0.2) is 16.2 Å². The van der Waals surface area contributed by atoms with Crippen LogP contribution >= 0.6 is 12.6 Å². The van der Waals surface area contributed by atoms with Gasteiger partial charge in [-0.15, -0.1) is 0 Å². The van der Waals surface area contributed by atoms with E-state index >= 15 is 0 Å². The molecule has 0 aliphatic heterocycles. The smallest absolute Gasteiger partial charge is 0.321 e. The van der Waals surface area contributed by atoms with Crippen LogP contribution in [0, 0.1) is 0 Å². The van der Waals surface area contributed by atoms with Gasteiger partial charge < -0.3 is 5.11 Å². The summed E-state index contributed by atoms with van der Waals surface area (Å²) in [5.41, 5.74) is 1.42. The van der Waals surface area contributed by atoms with Crippen molar-refractivity contribution in [3.8, 4) is 0 Å². The Hall–Kier alpha value is -1.62. The van der Waals surface area contributed by atoms with Crippen LogP contribution in [0.3, 0.4) is 0 Å². The molecule has 1 heterocycles. The molecule has 1 aromatic heterocycles. The van der Waals surface area contributed by atoms with Gasteiger partial charge in [0.15, 0.2) is 7.05 Å². The van der Waals surface area contributed by atoms with Crippen LogP contribution in [-0.2, 0) is 11.8 Å². The molecule has 0 saturated carbocycles. The zero-order valence-corrected chi connectivity index (χ0v) is 9.56. The first-order valence-corrected chi connectivity index (χ1v) is 5.27. The first kappa shape index (κ1) is 10.9. The molecule has 5 heteroatoms. The number of thiol groups is 1. The highest BCUT2D eigenvalue weighted by molar-refractivity contribution is 7.81. The second-order valence-electron chi connectivity index (χ2n) is 3.52. The van der Waals surface area contributed by atoms with Gasteiger partial charge in [0.25, 0.3) is 0 Å². The van der Waals surface area contributed by atoms with Gasteiger partial charge in [-0.1, -0.05) is 22.9 Å². The van der Waals surface area contributed by atoms with Gasteiger partial charge in [0.2, 0.25) is 6.20 Å². The molecule has 1 unspecified atom stereocenters. The molecule has 1 N–H and O–H groups in total. The molecule has 1 atom stereocenters. The number of aliphatic carboxylic acids is 1. The molecule has 2 rings (SSSR count). The summed E-state index contributed by atoms with van der Waals surface area (Å²) < 4.78 is 1.60. The van der Waals surface area contributed by atoms with E-state index < -0.39 is 11.2 Å². The van der Waals surface area contributed by atoms with Crippen LogP contribution in [0.5, 0.6) is 0 Å². The standard InChI is InChI=1S/C11H10N2O2S/c1-13-6-8(10(16)11(14)15)7-4-2-3-5-9(7)12-13/h2-6,10H,1H3,(H-,14,15,16)/p+1. The Morgan fingerprint density at radius 1 is 1.50 bits per heavy atom. The van der Waals surface area contributed by atoms with Crippen molar-refractivity contribution in [1.82, 2.24) is 5.10 Å². The van der Waals surface area contributed by atoms with Crippen molar-refractivity contribution in [3.05, 3.63) is 36.0 Å². The summed E-state index contributed by atoms with van der Waals surface area (Å²) in [5.74, 6) is -0.959. The summed E-state index contributed by atoms with van der Waals surface area (Å²) >= 11 is 4.10. The molecule has 1 aromatic carbocycles. The molecule has 4 nitrogen and oxygen atoms in total. The van der Waals surface area contributed by atoms with Crippen LogP contribution in [0.15, 0.2) is 30.5 Å². The van der Waals surface area contributed by atoms with Gasteiger partial charge in [0.05, 0.1) is 5.56 Å². The van der Waals surface area contributed by atoms with E-state index in [4.69, 9.17) is 5.11 Å². The van der Waals surface area contributed by atoms with Gasteiger partial charge in [-0.05, 0) is 11.2 Å². The highest BCUT2D eigenvalue weighted by Gasteiger charge is 2.21. The number of carbonyl (C=O) groups is 1. The lowest BCUT2D eigenvalue weighted by Crippen LogP contribution is -2.33. The minimum Gasteiger partial charge on any atom is -0.480 e. The summed E-state index contributed by atoms with van der Waals surface area (Å²) in [7, 11) is 1.76. The van der Waals surface area contributed by atoms with E-state index in [1.54, 1.807) is 17.9 Å². The monoisotopic (exact) mass is 235 g/mol. The molecule has 0 radical (unpaired) electrons. The zero-order chi connectivity index (χ0) is 11.7. The molecule has 0 saturated heterocycles. The normalized spacial score (nSPS) is 12.6. The Morgan fingerprint density at radius 2 is 2.19 bits per heavy atom. The molecule has 0 amide bonds. The summed E-state index contributed by atoms with van der Waals surface area (Å²) in [6, 6.07) is 7.42. The van der Waals surface area contributed by atoms with Crippen molar-refractivity contribution in [2.24, 2.45) is 7.05 Å². The van der Waals surface area contributed by atoms with Crippen LogP contribution in [0.1, 0.15) is 10.8 Å². The van der Waals surface area contributed by atoms with Crippen LogP contribution in [0.2, 0.25) is 0 Å². The SMILES string of the molecule is C[n+]1cc(C(S)C(=O)O)c2ccccc2n1. The van der Waals surface area contributed by atoms with E-state index in [9.17, 15) is 4.79 Å². The Balaban J connectivity index is 2.72. The summed E-state index contributed by atoms with van der Waals surface area (Å²) in [4.78, 5) is 10.9. The number of nitrogens with zero attached hydrogens (tertiary/aromatic N) is 2. The second kappa shape index (κ2) is 4.09. The zero-order valence-electron chi connectivity index (χ0n) is 8.66. The number of aryl methyl sites for hydroxylation is 1. The summed E-state index contributed by atoms with van der Waals surface area (Å²) in [5, 5.41) is 13.2. The Bertz CT molecular complexity index is 557. The van der Waals surface area contributed by atoms with E-state index in [-0.39, 0.29) is 0 Å². The first-order chi connectivity index (χ1) is 7.59. The third-order valence-electron chi connectivity index (χ3n) is 2.33. The number of carboxylic acids is 1. The maximum Gasteiger partial charge on any atom is 0.321 e. The van der Waals surface area contributed by atoms with Crippen LogP contribution in [0.4, 0.5) is 0 Å². The molecular weight excluding hydrogens is 224 g/mol. The third-order valence-corrected chi connectivity index (χ3v) is 2.83. The molecule has 0 aliphatic carbocycles. The molecule has 82 valence electrons. The number of hydrogen-bond donors (Lipinski definition) is 2. The number of aromatic nitrogens is 2. The van der Waals surface area contributed by atoms with Crippen LogP contribution in [0.25, 0.3) is 10.9 Å². The quantitative estimate of drug-likeness (QED) is 0.605. The second-order valence-corrected chi connectivity index (χ2v) is 4.03. The predicted molar refractivity (Wildman–Crippen MR) is 62.3 cm³/mol. The lowest BCUT2D eigenvalue weighted by Gasteiger charge is -2.06. The minimum atomic E-state index is -0.959. The fraction of sp³-hybridized carbons (Fsp3) is 0.182. The van der Waals surface area contributed by atoms with Crippen molar-refractivity contribution < 1.29 is 14.6 Å². The largest absolute Gasteiger partial charge is 0.480 e. The van der Waals surface area contributed by atoms with Gasteiger partial charge in [-0.3, -0.25) is 4.79 Å². The topological polar surface area (TPSA) is 54.1 Å². The van der Waals surface area contributed by atoms with E-state index in [1.165, 1.54) is 0 Å². The molecular formula is C11H11N2O2S+. The third kappa shape index (κ3) is 1.86. The van der Waals surface area contributed by atoms with E-state index in [0.717, 1.165) is 10.9 Å². The number of carboxylic acid groups (broad SMARTS) is 1. The average molecular weight is 235 g/mol.